The first-order valence-corrected chi connectivity index (χ1v) is 6.82. The zero-order valence-corrected chi connectivity index (χ0v) is 12.8. The molecule has 0 aliphatic carbocycles. The predicted molar refractivity (Wildman–Crippen MR) is 76.1 cm³/mol. The van der Waals surface area contributed by atoms with Crippen LogP contribution in [-0.4, -0.2) is 69.2 Å². The van der Waals surface area contributed by atoms with Crippen molar-refractivity contribution in [1.29, 1.82) is 0 Å². The molecule has 1 amide bonds. The fourth-order valence-electron chi connectivity index (χ4n) is 1.81. The number of piperazine rings is 1. The molecule has 1 aliphatic heterocycles. The summed E-state index contributed by atoms with van der Waals surface area (Å²) in [5, 5.41) is 18.1. The molecule has 0 unspecified atom stereocenters. The average molecular weight is 347 g/mol. The highest BCUT2D eigenvalue weighted by atomic mass is 19.4. The SMILES string of the molecule is C#CCn1nnc(C(=O)N2CCNCC2)c1C.O=C(O)C(F)(F)F. The lowest BCUT2D eigenvalue weighted by Crippen LogP contribution is -2.46. The molecule has 8 nitrogen and oxygen atoms in total. The molecule has 0 aromatic carbocycles. The van der Waals surface area contributed by atoms with Gasteiger partial charge in [-0.3, -0.25) is 4.79 Å². The van der Waals surface area contributed by atoms with Crippen LogP contribution in [0.2, 0.25) is 0 Å². The van der Waals surface area contributed by atoms with E-state index in [1.165, 1.54) is 0 Å². The van der Waals surface area contributed by atoms with Gasteiger partial charge in [0, 0.05) is 26.2 Å². The van der Waals surface area contributed by atoms with E-state index in [-0.39, 0.29) is 5.91 Å². The van der Waals surface area contributed by atoms with Crippen molar-refractivity contribution in [2.75, 3.05) is 26.2 Å². The van der Waals surface area contributed by atoms with Crippen molar-refractivity contribution in [3.8, 4) is 12.3 Å². The van der Waals surface area contributed by atoms with Gasteiger partial charge < -0.3 is 15.3 Å². The Morgan fingerprint density at radius 3 is 2.38 bits per heavy atom. The Balaban J connectivity index is 0.000000351. The van der Waals surface area contributed by atoms with E-state index in [1.54, 1.807) is 9.58 Å². The number of aromatic nitrogens is 3. The minimum absolute atomic E-state index is 0.0627. The number of nitrogens with one attached hydrogen (secondary N) is 1. The van der Waals surface area contributed by atoms with Crippen molar-refractivity contribution in [2.45, 2.75) is 19.6 Å². The Labute approximate surface area is 135 Å². The van der Waals surface area contributed by atoms with E-state index in [0.29, 0.717) is 25.3 Å². The number of hydrogen-bond donors (Lipinski definition) is 2. The molecule has 1 fully saturated rings. The van der Waals surface area contributed by atoms with Gasteiger partial charge in [0.2, 0.25) is 0 Å². The number of carbonyl (C=O) groups is 2. The summed E-state index contributed by atoms with van der Waals surface area (Å²) in [6, 6.07) is 0. The van der Waals surface area contributed by atoms with Crippen LogP contribution in [0.15, 0.2) is 0 Å². The molecule has 2 N–H and O–H groups in total. The van der Waals surface area contributed by atoms with Gasteiger partial charge >= 0.3 is 12.1 Å². The lowest BCUT2D eigenvalue weighted by atomic mass is 10.2. The zero-order chi connectivity index (χ0) is 18.3. The molecule has 1 aromatic heterocycles. The van der Waals surface area contributed by atoms with Crippen molar-refractivity contribution in [2.24, 2.45) is 0 Å². The van der Waals surface area contributed by atoms with Crippen molar-refractivity contribution < 1.29 is 27.9 Å². The predicted octanol–water partition coefficient (Wildman–Crippen LogP) is -0.102. The molecule has 132 valence electrons. The second-order valence-electron chi connectivity index (χ2n) is 4.73. The van der Waals surface area contributed by atoms with E-state index in [0.717, 1.165) is 18.8 Å². The first-order valence-electron chi connectivity index (χ1n) is 6.82. The van der Waals surface area contributed by atoms with Crippen LogP contribution in [0.5, 0.6) is 0 Å². The fourth-order valence-corrected chi connectivity index (χ4v) is 1.81. The van der Waals surface area contributed by atoms with Gasteiger partial charge in [0.05, 0.1) is 5.69 Å². The first kappa shape index (κ1) is 19.4. The molecule has 2 rings (SSSR count). The molecule has 1 aliphatic rings. The van der Waals surface area contributed by atoms with E-state index in [1.807, 2.05) is 6.92 Å². The smallest absolute Gasteiger partial charge is 0.475 e. The Kier molecular flexibility index (Phi) is 6.72. The third kappa shape index (κ3) is 5.24. The monoisotopic (exact) mass is 347 g/mol. The van der Waals surface area contributed by atoms with Gasteiger partial charge in [-0.2, -0.15) is 13.2 Å². The van der Waals surface area contributed by atoms with Crippen molar-refractivity contribution in [3.63, 3.8) is 0 Å². The van der Waals surface area contributed by atoms with Crippen LogP contribution in [0.25, 0.3) is 0 Å². The number of rotatable bonds is 2. The van der Waals surface area contributed by atoms with Crippen LogP contribution in [0.1, 0.15) is 16.2 Å². The number of carboxylic acids is 1. The third-order valence-electron chi connectivity index (χ3n) is 3.07. The minimum Gasteiger partial charge on any atom is -0.475 e. The standard InChI is InChI=1S/C11H15N5O.C2HF3O2/c1-3-6-16-9(2)10(13-14-16)11(17)15-7-4-12-5-8-15;3-2(4,5)1(6)7/h1,12H,4-8H2,2H3;(H,6,7). The Morgan fingerprint density at radius 2 is 1.92 bits per heavy atom. The van der Waals surface area contributed by atoms with Crippen molar-refractivity contribution >= 4 is 11.9 Å². The molecule has 1 saturated heterocycles. The topological polar surface area (TPSA) is 100 Å². The van der Waals surface area contributed by atoms with Crippen LogP contribution < -0.4 is 5.32 Å². The summed E-state index contributed by atoms with van der Waals surface area (Å²) in [6.45, 7) is 5.22. The summed E-state index contributed by atoms with van der Waals surface area (Å²) < 4.78 is 33.3. The Morgan fingerprint density at radius 1 is 1.38 bits per heavy atom. The maximum atomic E-state index is 12.2. The number of alkyl halides is 3. The maximum absolute atomic E-state index is 12.2. The van der Waals surface area contributed by atoms with Crippen LogP contribution in [0, 0.1) is 19.3 Å². The van der Waals surface area contributed by atoms with Crippen LogP contribution in [-0.2, 0) is 11.3 Å². The van der Waals surface area contributed by atoms with Gasteiger partial charge in [0.15, 0.2) is 5.69 Å². The van der Waals surface area contributed by atoms with Crippen molar-refractivity contribution in [3.05, 3.63) is 11.4 Å². The van der Waals surface area contributed by atoms with Crippen molar-refractivity contribution in [1.82, 2.24) is 25.2 Å². The summed E-state index contributed by atoms with van der Waals surface area (Å²) in [5.74, 6) is -0.337. The highest BCUT2D eigenvalue weighted by Crippen LogP contribution is 2.13. The average Bonchev–Trinajstić information content (AvgIpc) is 2.89. The second-order valence-corrected chi connectivity index (χ2v) is 4.73. The molecular formula is C13H16F3N5O3. The summed E-state index contributed by atoms with van der Waals surface area (Å²) in [5.41, 5.74) is 1.13. The lowest BCUT2D eigenvalue weighted by Gasteiger charge is -2.26. The normalized spacial score (nSPS) is 14.4. The van der Waals surface area contributed by atoms with Gasteiger partial charge in [-0.25, -0.2) is 9.48 Å². The highest BCUT2D eigenvalue weighted by Gasteiger charge is 2.38. The molecule has 2 heterocycles. The fraction of sp³-hybridized carbons (Fsp3) is 0.538. The third-order valence-corrected chi connectivity index (χ3v) is 3.07. The first-order chi connectivity index (χ1) is 11.2. The molecule has 1 aromatic rings. The maximum Gasteiger partial charge on any atom is 0.490 e. The quantitative estimate of drug-likeness (QED) is 0.725. The number of carboxylic acid groups (broad SMARTS) is 1. The number of aliphatic carboxylic acids is 1. The van der Waals surface area contributed by atoms with Gasteiger partial charge in [-0.15, -0.1) is 11.5 Å². The number of hydrogen-bond acceptors (Lipinski definition) is 5. The van der Waals surface area contributed by atoms with E-state index < -0.39 is 12.1 Å². The summed E-state index contributed by atoms with van der Waals surface area (Å²) in [6.07, 6.45) is 0.132. The lowest BCUT2D eigenvalue weighted by molar-refractivity contribution is -0.192. The minimum atomic E-state index is -5.08. The Hall–Kier alpha value is -2.61. The summed E-state index contributed by atoms with van der Waals surface area (Å²) in [7, 11) is 0. The molecule has 0 spiro atoms. The molecule has 24 heavy (non-hydrogen) atoms. The number of terminal acetylenes is 1. The van der Waals surface area contributed by atoms with E-state index in [4.69, 9.17) is 16.3 Å². The number of nitrogens with zero attached hydrogens (tertiary/aromatic N) is 4. The van der Waals surface area contributed by atoms with Gasteiger partial charge in [-0.05, 0) is 6.92 Å². The molecule has 0 atom stereocenters. The number of amides is 1. The number of carbonyl (C=O) groups excluding carboxylic acids is 1. The molecule has 0 saturated carbocycles. The highest BCUT2D eigenvalue weighted by molar-refractivity contribution is 5.93. The second kappa shape index (κ2) is 8.30. The van der Waals surface area contributed by atoms with Crippen LogP contribution in [0.4, 0.5) is 13.2 Å². The van der Waals surface area contributed by atoms with E-state index in [9.17, 15) is 18.0 Å². The number of halogens is 3. The molecule has 11 heteroatoms. The molecular weight excluding hydrogens is 331 g/mol. The van der Waals surface area contributed by atoms with E-state index >= 15 is 0 Å². The van der Waals surface area contributed by atoms with Crippen LogP contribution in [0.3, 0.4) is 0 Å². The zero-order valence-electron chi connectivity index (χ0n) is 12.8. The molecule has 0 radical (unpaired) electrons. The van der Waals surface area contributed by atoms with Gasteiger partial charge in [0.1, 0.15) is 6.54 Å². The summed E-state index contributed by atoms with van der Waals surface area (Å²) >= 11 is 0. The largest absolute Gasteiger partial charge is 0.490 e. The summed E-state index contributed by atoms with van der Waals surface area (Å²) in [4.78, 5) is 22.9. The van der Waals surface area contributed by atoms with Gasteiger partial charge in [-0.1, -0.05) is 11.1 Å². The Bertz CT molecular complexity index is 630. The van der Waals surface area contributed by atoms with E-state index in [2.05, 4.69) is 21.5 Å². The van der Waals surface area contributed by atoms with Crippen LogP contribution >= 0.6 is 0 Å². The van der Waals surface area contributed by atoms with Gasteiger partial charge in [0.25, 0.3) is 5.91 Å². The molecule has 0 bridgehead atoms.